The Morgan fingerprint density at radius 3 is 2.84 bits per heavy atom. The fourth-order valence-corrected chi connectivity index (χ4v) is 2.70. The molecule has 1 aliphatic carbocycles. The van der Waals surface area contributed by atoms with E-state index < -0.39 is 5.60 Å². The van der Waals surface area contributed by atoms with Crippen molar-refractivity contribution in [2.75, 3.05) is 5.32 Å². The monoisotopic (exact) mass is 262 g/mol. The molecule has 0 radical (unpaired) electrons. The van der Waals surface area contributed by atoms with E-state index >= 15 is 0 Å². The van der Waals surface area contributed by atoms with Crippen LogP contribution in [0, 0.1) is 0 Å². The van der Waals surface area contributed by atoms with Gasteiger partial charge in [-0.05, 0) is 30.9 Å². The van der Waals surface area contributed by atoms with E-state index in [2.05, 4.69) is 10.3 Å². The van der Waals surface area contributed by atoms with Crippen LogP contribution < -0.4 is 5.32 Å². The first kappa shape index (κ1) is 14.0. The largest absolute Gasteiger partial charge is 0.389 e. The normalized spacial score (nSPS) is 18.0. The Bertz CT molecular complexity index is 440. The second kappa shape index (κ2) is 6.15. The van der Waals surface area contributed by atoms with Crippen LogP contribution in [0.1, 0.15) is 51.0 Å². The number of pyridine rings is 1. The Kier molecular flexibility index (Phi) is 4.53. The Morgan fingerprint density at radius 1 is 1.42 bits per heavy atom. The molecule has 4 heteroatoms. The van der Waals surface area contributed by atoms with Crippen molar-refractivity contribution in [2.24, 2.45) is 0 Å². The van der Waals surface area contributed by atoms with E-state index in [1.54, 1.807) is 6.20 Å². The van der Waals surface area contributed by atoms with Gasteiger partial charge in [0.1, 0.15) is 5.82 Å². The van der Waals surface area contributed by atoms with Gasteiger partial charge in [0.05, 0.1) is 12.0 Å². The van der Waals surface area contributed by atoms with Gasteiger partial charge in [0.25, 0.3) is 0 Å². The fraction of sp³-hybridized carbons (Fsp3) is 0.600. The number of carbonyl (C=O) groups is 1. The van der Waals surface area contributed by atoms with Gasteiger partial charge >= 0.3 is 0 Å². The van der Waals surface area contributed by atoms with E-state index in [1.807, 2.05) is 19.1 Å². The second-order valence-corrected chi connectivity index (χ2v) is 5.37. The van der Waals surface area contributed by atoms with Gasteiger partial charge in [0.2, 0.25) is 5.91 Å². The van der Waals surface area contributed by atoms with Crippen LogP contribution in [-0.4, -0.2) is 21.6 Å². The van der Waals surface area contributed by atoms with Crippen molar-refractivity contribution in [3.8, 4) is 0 Å². The van der Waals surface area contributed by atoms with Crippen LogP contribution in [0.3, 0.4) is 0 Å². The highest BCUT2D eigenvalue weighted by Crippen LogP contribution is 2.31. The van der Waals surface area contributed by atoms with Gasteiger partial charge in [-0.15, -0.1) is 0 Å². The minimum atomic E-state index is -0.816. The van der Waals surface area contributed by atoms with E-state index in [0.29, 0.717) is 5.82 Å². The minimum absolute atomic E-state index is 0.141. The number of hydrogen-bond acceptors (Lipinski definition) is 3. The third-order valence-corrected chi connectivity index (χ3v) is 3.80. The summed E-state index contributed by atoms with van der Waals surface area (Å²) in [5.74, 6) is 0.479. The number of hydrogen-bond donors (Lipinski definition) is 2. The van der Waals surface area contributed by atoms with Gasteiger partial charge in [-0.3, -0.25) is 4.79 Å². The molecule has 0 atom stereocenters. The topological polar surface area (TPSA) is 62.2 Å². The number of rotatable bonds is 4. The predicted octanol–water partition coefficient (Wildman–Crippen LogP) is 2.67. The minimum Gasteiger partial charge on any atom is -0.389 e. The summed E-state index contributed by atoms with van der Waals surface area (Å²) in [5, 5.41) is 13.2. The van der Waals surface area contributed by atoms with Crippen molar-refractivity contribution in [1.29, 1.82) is 0 Å². The van der Waals surface area contributed by atoms with Gasteiger partial charge in [-0.2, -0.15) is 0 Å². The highest BCUT2D eigenvalue weighted by molar-refractivity contribution is 5.91. The molecule has 0 bridgehead atoms. The Hall–Kier alpha value is -1.42. The second-order valence-electron chi connectivity index (χ2n) is 5.37. The molecule has 1 fully saturated rings. The van der Waals surface area contributed by atoms with Crippen molar-refractivity contribution in [3.63, 3.8) is 0 Å². The van der Waals surface area contributed by atoms with Crippen LogP contribution in [0.5, 0.6) is 0 Å². The lowest BCUT2D eigenvalue weighted by molar-refractivity contribution is -0.122. The molecule has 1 heterocycles. The lowest BCUT2D eigenvalue weighted by Gasteiger charge is -2.31. The molecule has 1 amide bonds. The van der Waals surface area contributed by atoms with E-state index in [9.17, 15) is 9.90 Å². The summed E-state index contributed by atoms with van der Waals surface area (Å²) in [7, 11) is 0. The van der Waals surface area contributed by atoms with Crippen molar-refractivity contribution in [1.82, 2.24) is 4.98 Å². The van der Waals surface area contributed by atoms with Crippen LogP contribution in [0.4, 0.5) is 5.82 Å². The maximum atomic E-state index is 12.0. The van der Waals surface area contributed by atoms with Gasteiger partial charge in [0.15, 0.2) is 0 Å². The maximum Gasteiger partial charge on any atom is 0.228 e. The molecule has 1 aliphatic rings. The molecule has 2 rings (SSSR count). The molecule has 0 aromatic carbocycles. The molecule has 1 aromatic rings. The lowest BCUT2D eigenvalue weighted by atomic mass is 9.82. The number of aromatic nitrogens is 1. The first-order chi connectivity index (χ1) is 9.13. The van der Waals surface area contributed by atoms with Crippen LogP contribution in [0.15, 0.2) is 18.3 Å². The zero-order valence-electron chi connectivity index (χ0n) is 11.5. The number of amides is 1. The smallest absolute Gasteiger partial charge is 0.228 e. The van der Waals surface area contributed by atoms with E-state index in [1.165, 1.54) is 0 Å². The van der Waals surface area contributed by atoms with Gasteiger partial charge in [0, 0.05) is 6.20 Å². The third-order valence-electron chi connectivity index (χ3n) is 3.80. The zero-order valence-corrected chi connectivity index (χ0v) is 11.5. The predicted molar refractivity (Wildman–Crippen MR) is 74.9 cm³/mol. The molecule has 0 unspecified atom stereocenters. The molecule has 104 valence electrons. The van der Waals surface area contributed by atoms with Crippen molar-refractivity contribution >= 4 is 11.7 Å². The molecule has 1 aromatic heterocycles. The molecule has 0 saturated heterocycles. The fourth-order valence-electron chi connectivity index (χ4n) is 2.70. The molecular formula is C15H22N2O2. The first-order valence-corrected chi connectivity index (χ1v) is 7.09. The average Bonchev–Trinajstić information content (AvgIpc) is 2.39. The highest BCUT2D eigenvalue weighted by atomic mass is 16.3. The van der Waals surface area contributed by atoms with Crippen molar-refractivity contribution in [3.05, 3.63) is 23.9 Å². The van der Waals surface area contributed by atoms with Crippen LogP contribution >= 0.6 is 0 Å². The summed E-state index contributed by atoms with van der Waals surface area (Å²) < 4.78 is 0. The summed E-state index contributed by atoms with van der Waals surface area (Å²) in [6.45, 7) is 2.03. The van der Waals surface area contributed by atoms with Crippen LogP contribution in [0.25, 0.3) is 0 Å². The average molecular weight is 262 g/mol. The SMILES string of the molecule is CCc1cccnc1NC(=O)CC1(O)CCCCC1. The number of nitrogens with zero attached hydrogens (tertiary/aromatic N) is 1. The number of anilines is 1. The zero-order chi connectivity index (χ0) is 13.7. The number of carbonyl (C=O) groups excluding carboxylic acids is 1. The van der Waals surface area contributed by atoms with Crippen molar-refractivity contribution < 1.29 is 9.90 Å². The lowest BCUT2D eigenvalue weighted by Crippen LogP contribution is -2.36. The summed E-state index contributed by atoms with van der Waals surface area (Å²) in [5.41, 5.74) is 0.204. The Morgan fingerprint density at radius 2 is 2.16 bits per heavy atom. The first-order valence-electron chi connectivity index (χ1n) is 7.09. The van der Waals surface area contributed by atoms with Gasteiger partial charge < -0.3 is 10.4 Å². The van der Waals surface area contributed by atoms with E-state index in [-0.39, 0.29) is 12.3 Å². The number of aryl methyl sites for hydroxylation is 1. The molecule has 4 nitrogen and oxygen atoms in total. The summed E-state index contributed by atoms with van der Waals surface area (Å²) >= 11 is 0. The van der Waals surface area contributed by atoms with Crippen LogP contribution in [-0.2, 0) is 11.2 Å². The molecule has 1 saturated carbocycles. The molecule has 0 spiro atoms. The summed E-state index contributed by atoms with van der Waals surface area (Å²) in [4.78, 5) is 16.2. The van der Waals surface area contributed by atoms with Crippen molar-refractivity contribution in [2.45, 2.75) is 57.5 Å². The Balaban J connectivity index is 1.97. The third kappa shape index (κ3) is 3.77. The standard InChI is InChI=1S/C15H22N2O2/c1-2-12-7-6-10-16-14(12)17-13(18)11-15(19)8-4-3-5-9-15/h6-7,10,19H,2-5,8-9,11H2,1H3,(H,16,17,18). The van der Waals surface area contributed by atoms with Crippen LogP contribution in [0.2, 0.25) is 0 Å². The number of nitrogens with one attached hydrogen (secondary N) is 1. The molecule has 2 N–H and O–H groups in total. The van der Waals surface area contributed by atoms with Gasteiger partial charge in [-0.1, -0.05) is 32.3 Å². The van der Waals surface area contributed by atoms with E-state index in [0.717, 1.165) is 44.1 Å². The Labute approximate surface area is 114 Å². The highest BCUT2D eigenvalue weighted by Gasteiger charge is 2.31. The molecular weight excluding hydrogens is 240 g/mol. The van der Waals surface area contributed by atoms with E-state index in [4.69, 9.17) is 0 Å². The maximum absolute atomic E-state index is 12.0. The molecule has 19 heavy (non-hydrogen) atoms. The number of aliphatic hydroxyl groups is 1. The summed E-state index contributed by atoms with van der Waals surface area (Å²) in [6, 6.07) is 3.82. The quantitative estimate of drug-likeness (QED) is 0.877. The van der Waals surface area contributed by atoms with Gasteiger partial charge in [-0.25, -0.2) is 4.98 Å². The molecule has 0 aliphatic heterocycles. The summed E-state index contributed by atoms with van der Waals surface area (Å²) in [6.07, 6.45) is 7.29.